The molecule has 0 N–H and O–H groups in total. The zero-order valence-electron chi connectivity index (χ0n) is 44.4. The molecule has 0 bridgehead atoms. The van der Waals surface area contributed by atoms with Crippen LogP contribution in [0.4, 0.5) is 51.2 Å². The van der Waals surface area contributed by atoms with Gasteiger partial charge in [0.2, 0.25) is 0 Å². The highest BCUT2D eigenvalue weighted by Gasteiger charge is 2.49. The number of rotatable bonds is 5. The van der Waals surface area contributed by atoms with Crippen LogP contribution in [0.3, 0.4) is 0 Å². The Hall–Kier alpha value is -6.92. The lowest BCUT2D eigenvalue weighted by atomic mass is 9.35. The van der Waals surface area contributed by atoms with E-state index in [2.05, 4.69) is 243 Å². The molecule has 0 atom stereocenters. The molecule has 72 heavy (non-hydrogen) atoms. The van der Waals surface area contributed by atoms with Crippen molar-refractivity contribution in [3.8, 4) is 0 Å². The van der Waals surface area contributed by atoms with Gasteiger partial charge in [-0.2, -0.15) is 0 Å². The van der Waals surface area contributed by atoms with E-state index in [4.69, 9.17) is 8.83 Å². The van der Waals surface area contributed by atoms with E-state index in [1.54, 1.807) is 0 Å². The highest BCUT2D eigenvalue weighted by atomic mass is 16.3. The summed E-state index contributed by atoms with van der Waals surface area (Å²) in [6, 6.07) is 55.0. The Kier molecular flexibility index (Phi) is 10.5. The average Bonchev–Trinajstić information content (AvgIpc) is 3.93. The maximum atomic E-state index is 7.38. The first-order valence-electron chi connectivity index (χ1n) is 26.3. The van der Waals surface area contributed by atoms with Crippen LogP contribution in [-0.2, 0) is 34.5 Å². The second kappa shape index (κ2) is 16.3. The summed E-state index contributed by atoms with van der Waals surface area (Å²) >= 11 is 0. The number of nitrogens with zero attached hydrogens (tertiary/aromatic N) is 3. The van der Waals surface area contributed by atoms with Gasteiger partial charge in [-0.15, -0.1) is 0 Å². The van der Waals surface area contributed by atoms with Gasteiger partial charge in [0.1, 0.15) is 11.3 Å². The highest BCUT2D eigenvalue weighted by Crippen LogP contribution is 2.52. The minimum atomic E-state index is -0.171. The summed E-state index contributed by atoms with van der Waals surface area (Å²) in [6.07, 6.45) is 4.25. The Labute approximate surface area is 427 Å². The number of benzene rings is 7. The van der Waals surface area contributed by atoms with E-state index < -0.39 is 0 Å². The summed E-state index contributed by atoms with van der Waals surface area (Å²) in [6.45, 7) is 27.4. The Morgan fingerprint density at radius 3 is 1.64 bits per heavy atom. The molecule has 12 rings (SSSR count). The second-order valence-corrected chi connectivity index (χ2v) is 24.9. The second-order valence-electron chi connectivity index (χ2n) is 24.9. The average molecular weight is 946 g/mol. The van der Waals surface area contributed by atoms with Gasteiger partial charge in [0.25, 0.3) is 6.71 Å². The number of furan rings is 2. The summed E-state index contributed by atoms with van der Waals surface area (Å²) in [5, 5.41) is 2.25. The number of hydrogen-bond acceptors (Lipinski definition) is 5. The summed E-state index contributed by atoms with van der Waals surface area (Å²) in [4.78, 5) is 7.54. The van der Waals surface area contributed by atoms with Crippen molar-refractivity contribution < 1.29 is 8.83 Å². The van der Waals surface area contributed by atoms with Crippen molar-refractivity contribution in [3.63, 3.8) is 0 Å². The SMILES string of the molecule is CC(C)(C)c1ccc(N(c2ccc(C(C)(C)C)cc2)c2ccc3c(c2)N(c2cccc4c2oc2c(C(C)(C)C)cccc24)c2cc(C(C)(C)C)cc4c2B3c2oc3c(c2N4c2ccccc2)CCCC3)cc1. The van der Waals surface area contributed by atoms with Crippen LogP contribution < -0.4 is 31.3 Å². The minimum Gasteiger partial charge on any atom is -0.473 e. The number of aryl methyl sites for hydroxylation is 1. The molecule has 2 aromatic heterocycles. The summed E-state index contributed by atoms with van der Waals surface area (Å²) < 4.78 is 14.7. The summed E-state index contributed by atoms with van der Waals surface area (Å²) in [5.74, 6) is 1.14. The Bertz CT molecular complexity index is 3510. The van der Waals surface area contributed by atoms with Crippen molar-refractivity contribution in [3.05, 3.63) is 179 Å². The first-order valence-corrected chi connectivity index (χ1v) is 26.3. The Morgan fingerprint density at radius 2 is 1.03 bits per heavy atom. The molecule has 0 saturated carbocycles. The molecule has 0 spiro atoms. The van der Waals surface area contributed by atoms with E-state index >= 15 is 0 Å². The molecule has 0 radical (unpaired) electrons. The lowest BCUT2D eigenvalue weighted by Crippen LogP contribution is -2.61. The Balaban J connectivity index is 1.19. The van der Waals surface area contributed by atoms with Crippen LogP contribution in [-0.4, -0.2) is 6.71 Å². The third-order valence-corrected chi connectivity index (χ3v) is 15.8. The van der Waals surface area contributed by atoms with Crippen molar-refractivity contribution in [2.24, 2.45) is 0 Å². The maximum absolute atomic E-state index is 7.38. The first-order chi connectivity index (χ1) is 34.3. The normalized spacial score (nSPS) is 14.6. The number of para-hydroxylation sites is 3. The molecule has 0 saturated heterocycles. The third kappa shape index (κ3) is 7.42. The molecule has 3 aliphatic rings. The topological polar surface area (TPSA) is 36.0 Å². The van der Waals surface area contributed by atoms with Gasteiger partial charge in [0.05, 0.1) is 17.0 Å². The van der Waals surface area contributed by atoms with Crippen molar-refractivity contribution in [2.45, 2.75) is 130 Å². The van der Waals surface area contributed by atoms with Gasteiger partial charge < -0.3 is 23.5 Å². The molecular weight excluding hydrogens is 878 g/mol. The summed E-state index contributed by atoms with van der Waals surface area (Å²) in [5.41, 5.74) is 21.7. The van der Waals surface area contributed by atoms with Crippen LogP contribution in [0.25, 0.3) is 21.9 Å². The van der Waals surface area contributed by atoms with E-state index in [0.29, 0.717) is 0 Å². The van der Waals surface area contributed by atoms with Gasteiger partial charge in [-0.05, 0) is 135 Å². The van der Waals surface area contributed by atoms with Gasteiger partial charge in [0.15, 0.2) is 5.58 Å². The fourth-order valence-electron chi connectivity index (χ4n) is 11.9. The van der Waals surface area contributed by atoms with E-state index in [-0.39, 0.29) is 28.4 Å². The first kappa shape index (κ1) is 46.2. The molecule has 0 unspecified atom stereocenters. The Morgan fingerprint density at radius 1 is 0.458 bits per heavy atom. The highest BCUT2D eigenvalue weighted by molar-refractivity contribution is 6.99. The standard InChI is InChI=1S/C66H68BN3O2/c1-63(2,3)41-28-32-45(33-29-41)68(46-34-30-42(31-35-46)64(4,5)6)47-36-37-52-54(40-47)70(53-26-19-24-49-48-23-18-25-51(66(10,11)12)60(48)72-61(49)53)56-39-43(65(7,8)9)38-55-58(56)67(52)62-59(50-22-16-17-27-57(50)71-62)69(55)44-20-14-13-15-21-44/h13-15,18-21,23-26,28-40H,16-17,22,27H2,1-12H3. The molecule has 1 aliphatic carbocycles. The predicted molar refractivity (Wildman–Crippen MR) is 306 cm³/mol. The molecule has 7 aromatic carbocycles. The van der Waals surface area contributed by atoms with Crippen molar-refractivity contribution in [1.82, 2.24) is 0 Å². The lowest BCUT2D eigenvalue weighted by Gasteiger charge is -2.44. The predicted octanol–water partition coefficient (Wildman–Crippen LogP) is 16.8. The quantitative estimate of drug-likeness (QED) is 0.161. The smallest absolute Gasteiger partial charge is 0.297 e. The van der Waals surface area contributed by atoms with Gasteiger partial charge in [-0.3, -0.25) is 0 Å². The van der Waals surface area contributed by atoms with Crippen LogP contribution >= 0.6 is 0 Å². The van der Waals surface area contributed by atoms with E-state index in [1.807, 2.05) is 0 Å². The van der Waals surface area contributed by atoms with Crippen LogP contribution in [0, 0.1) is 0 Å². The van der Waals surface area contributed by atoms with Gasteiger partial charge >= 0.3 is 0 Å². The number of anilines is 9. The van der Waals surface area contributed by atoms with Gasteiger partial charge in [0, 0.05) is 68.1 Å². The molecular formula is C66H68BN3O2. The molecule has 9 aromatic rings. The molecule has 6 heteroatoms. The molecule has 0 fully saturated rings. The van der Waals surface area contributed by atoms with Crippen LogP contribution in [0.2, 0.25) is 0 Å². The maximum Gasteiger partial charge on any atom is 0.297 e. The third-order valence-electron chi connectivity index (χ3n) is 15.8. The molecule has 5 nitrogen and oxygen atoms in total. The van der Waals surface area contributed by atoms with Crippen molar-refractivity contribution in [1.29, 1.82) is 0 Å². The zero-order chi connectivity index (χ0) is 50.2. The van der Waals surface area contributed by atoms with Gasteiger partial charge in [-0.1, -0.05) is 162 Å². The largest absolute Gasteiger partial charge is 0.473 e. The molecule has 0 amide bonds. The van der Waals surface area contributed by atoms with Crippen molar-refractivity contribution >= 4 is 96.4 Å². The van der Waals surface area contributed by atoms with E-state index in [0.717, 1.165) is 98.9 Å². The molecule has 2 aliphatic heterocycles. The van der Waals surface area contributed by atoms with Crippen LogP contribution in [0.15, 0.2) is 154 Å². The number of fused-ring (bicyclic) bond motifs is 9. The lowest BCUT2D eigenvalue weighted by molar-refractivity contribution is 0.497. The fraction of sp³-hybridized carbons (Fsp3) is 0.303. The van der Waals surface area contributed by atoms with Crippen molar-refractivity contribution in [2.75, 3.05) is 14.7 Å². The molecule has 362 valence electrons. The number of hydrogen-bond donors (Lipinski definition) is 0. The fourth-order valence-corrected chi connectivity index (χ4v) is 11.9. The van der Waals surface area contributed by atoms with Crippen LogP contribution in [0.5, 0.6) is 0 Å². The zero-order valence-corrected chi connectivity index (χ0v) is 44.4. The minimum absolute atomic E-state index is 0.0213. The summed E-state index contributed by atoms with van der Waals surface area (Å²) in [7, 11) is 0. The van der Waals surface area contributed by atoms with Crippen LogP contribution in [0.1, 0.15) is 130 Å². The van der Waals surface area contributed by atoms with Gasteiger partial charge in [-0.25, -0.2) is 0 Å². The van der Waals surface area contributed by atoms with E-state index in [9.17, 15) is 0 Å². The monoisotopic (exact) mass is 946 g/mol. The molecule has 4 heterocycles. The van der Waals surface area contributed by atoms with E-state index in [1.165, 1.54) is 50.1 Å².